The Morgan fingerprint density at radius 3 is 2.43 bits per heavy atom. The third-order valence-electron chi connectivity index (χ3n) is 3.27. The maximum atomic E-state index is 5.89. The molecule has 0 fully saturated rings. The van der Waals surface area contributed by atoms with Crippen molar-refractivity contribution in [1.82, 2.24) is 4.98 Å². The van der Waals surface area contributed by atoms with Crippen molar-refractivity contribution in [1.29, 1.82) is 0 Å². The van der Waals surface area contributed by atoms with Crippen LogP contribution in [0.1, 0.15) is 11.3 Å². The fourth-order valence-electron chi connectivity index (χ4n) is 2.16. The minimum absolute atomic E-state index is 0.832. The van der Waals surface area contributed by atoms with Gasteiger partial charge in [0, 0.05) is 28.0 Å². The van der Waals surface area contributed by atoms with Crippen LogP contribution in [0.5, 0.6) is 0 Å². The average molecular weight is 344 g/mol. The number of aromatic nitrogens is 1. The van der Waals surface area contributed by atoms with Crippen LogP contribution < -0.4 is 5.32 Å². The van der Waals surface area contributed by atoms with Gasteiger partial charge < -0.3 is 9.73 Å². The maximum absolute atomic E-state index is 5.89. The zero-order valence-corrected chi connectivity index (χ0v) is 13.1. The van der Waals surface area contributed by atoms with E-state index >= 15 is 0 Å². The van der Waals surface area contributed by atoms with Gasteiger partial charge in [-0.2, -0.15) is 0 Å². The zero-order valence-electron chi connectivity index (χ0n) is 11.5. The molecule has 0 aliphatic heterocycles. The highest BCUT2D eigenvalue weighted by molar-refractivity contribution is 9.10. The first-order valence-electron chi connectivity index (χ1n) is 6.86. The molecule has 2 aromatic heterocycles. The van der Waals surface area contributed by atoms with E-state index in [1.54, 1.807) is 0 Å². The quantitative estimate of drug-likeness (QED) is 0.771. The van der Waals surface area contributed by atoms with E-state index in [0.717, 1.165) is 34.6 Å². The number of hydrogen-bond acceptors (Lipinski definition) is 2. The summed E-state index contributed by atoms with van der Waals surface area (Å²) in [4.78, 5) is 4.02. The van der Waals surface area contributed by atoms with Crippen molar-refractivity contribution in [2.45, 2.75) is 13.1 Å². The van der Waals surface area contributed by atoms with Gasteiger partial charge in [0.15, 0.2) is 5.76 Å². The third-order valence-corrected chi connectivity index (χ3v) is 3.79. The van der Waals surface area contributed by atoms with Crippen molar-refractivity contribution in [2.24, 2.45) is 0 Å². The van der Waals surface area contributed by atoms with Crippen molar-refractivity contribution >= 4 is 15.9 Å². The second-order valence-electron chi connectivity index (χ2n) is 4.83. The smallest absolute Gasteiger partial charge is 0.158 e. The number of hydrogen-bond donors (Lipinski definition) is 1. The van der Waals surface area contributed by atoms with Gasteiger partial charge >= 0.3 is 0 Å². The minimum Gasteiger partial charge on any atom is -0.455 e. The second-order valence-corrected chi connectivity index (χ2v) is 5.74. The lowest BCUT2D eigenvalue weighted by atomic mass is 10.2. The Morgan fingerprint density at radius 1 is 0.905 bits per heavy atom. The molecule has 0 aliphatic rings. The highest BCUT2D eigenvalue weighted by Crippen LogP contribution is 2.23. The van der Waals surface area contributed by atoms with E-state index in [2.05, 4.69) is 26.2 Å². The van der Waals surface area contributed by atoms with Crippen LogP contribution in [0.4, 0.5) is 0 Å². The minimum atomic E-state index is 0.832. The van der Waals surface area contributed by atoms with Crippen LogP contribution in [0.15, 0.2) is 69.8 Å². The lowest BCUT2D eigenvalue weighted by molar-refractivity contribution is -0.687. The zero-order chi connectivity index (χ0) is 14.5. The van der Waals surface area contributed by atoms with Gasteiger partial charge in [-0.3, -0.25) is 4.98 Å². The molecule has 3 rings (SSSR count). The first kappa shape index (κ1) is 14.0. The summed E-state index contributed by atoms with van der Waals surface area (Å²) in [6, 6.07) is 16.3. The fraction of sp³-hybridized carbons (Fsp3) is 0.118. The molecule has 0 bridgehead atoms. The summed E-state index contributed by atoms with van der Waals surface area (Å²) in [5.74, 6) is 1.90. The molecule has 0 spiro atoms. The van der Waals surface area contributed by atoms with E-state index in [4.69, 9.17) is 4.42 Å². The van der Waals surface area contributed by atoms with Crippen LogP contribution in [0.3, 0.4) is 0 Å². The SMILES string of the molecule is Brc1ccc(-c2ccc(C[NH2+]Cc3ccncc3)o2)cc1. The molecule has 2 N–H and O–H groups in total. The summed E-state index contributed by atoms with van der Waals surface area (Å²) in [5.41, 5.74) is 2.36. The molecule has 4 heteroatoms. The maximum Gasteiger partial charge on any atom is 0.158 e. The Balaban J connectivity index is 1.59. The van der Waals surface area contributed by atoms with Crippen LogP contribution in [0, 0.1) is 0 Å². The summed E-state index contributed by atoms with van der Waals surface area (Å²) in [7, 11) is 0. The summed E-state index contributed by atoms with van der Waals surface area (Å²) < 4.78 is 6.96. The molecule has 106 valence electrons. The highest BCUT2D eigenvalue weighted by Gasteiger charge is 2.06. The molecule has 21 heavy (non-hydrogen) atoms. The van der Waals surface area contributed by atoms with E-state index in [-0.39, 0.29) is 0 Å². The molecule has 0 radical (unpaired) electrons. The van der Waals surface area contributed by atoms with E-state index < -0.39 is 0 Å². The summed E-state index contributed by atoms with van der Waals surface area (Å²) in [6.07, 6.45) is 3.64. The molecule has 1 aromatic carbocycles. The Hall–Kier alpha value is -1.91. The first-order chi connectivity index (χ1) is 10.3. The fourth-order valence-corrected chi connectivity index (χ4v) is 2.42. The summed E-state index contributed by atoms with van der Waals surface area (Å²) >= 11 is 3.44. The first-order valence-corrected chi connectivity index (χ1v) is 7.66. The number of rotatable bonds is 5. The van der Waals surface area contributed by atoms with E-state index in [1.807, 2.05) is 60.9 Å². The summed E-state index contributed by atoms with van der Waals surface area (Å²) in [5, 5.41) is 2.22. The molecule has 0 atom stereocenters. The standard InChI is InChI=1S/C17H15BrN2O/c18-15-3-1-14(2-4-15)17-6-5-16(21-17)12-20-11-13-7-9-19-10-8-13/h1-10,20H,11-12H2/p+1. The molecule has 0 saturated heterocycles. The number of benzene rings is 1. The molecule has 3 nitrogen and oxygen atoms in total. The number of nitrogens with two attached hydrogens (primary N) is 1. The highest BCUT2D eigenvalue weighted by atomic mass is 79.9. The number of pyridine rings is 1. The topological polar surface area (TPSA) is 42.6 Å². The van der Waals surface area contributed by atoms with Crippen molar-refractivity contribution < 1.29 is 9.73 Å². The second kappa shape index (κ2) is 6.70. The third kappa shape index (κ3) is 3.80. The van der Waals surface area contributed by atoms with Crippen molar-refractivity contribution in [3.63, 3.8) is 0 Å². The van der Waals surface area contributed by atoms with Gasteiger partial charge in [-0.1, -0.05) is 28.1 Å². The molecular weight excluding hydrogens is 328 g/mol. The van der Waals surface area contributed by atoms with Crippen molar-refractivity contribution in [3.05, 3.63) is 76.7 Å². The number of nitrogens with zero attached hydrogens (tertiary/aromatic N) is 1. The molecule has 2 heterocycles. The van der Waals surface area contributed by atoms with Gasteiger partial charge in [-0.25, -0.2) is 0 Å². The van der Waals surface area contributed by atoms with Gasteiger partial charge in [0.05, 0.1) is 0 Å². The normalized spacial score (nSPS) is 10.7. The van der Waals surface area contributed by atoms with E-state index in [1.165, 1.54) is 5.56 Å². The van der Waals surface area contributed by atoms with Gasteiger partial charge in [0.1, 0.15) is 18.8 Å². The molecule has 0 unspecified atom stereocenters. The lowest BCUT2D eigenvalue weighted by Gasteiger charge is -2.00. The van der Waals surface area contributed by atoms with Gasteiger partial charge in [0.25, 0.3) is 0 Å². The van der Waals surface area contributed by atoms with E-state index in [9.17, 15) is 0 Å². The molecular formula is C17H16BrN2O+. The molecule has 0 amide bonds. The van der Waals surface area contributed by atoms with Crippen LogP contribution >= 0.6 is 15.9 Å². The number of furan rings is 1. The van der Waals surface area contributed by atoms with Crippen LogP contribution in [-0.4, -0.2) is 4.98 Å². The van der Waals surface area contributed by atoms with Crippen molar-refractivity contribution in [2.75, 3.05) is 0 Å². The number of halogens is 1. The summed E-state index contributed by atoms with van der Waals surface area (Å²) in [6.45, 7) is 1.76. The monoisotopic (exact) mass is 343 g/mol. The molecule has 0 saturated carbocycles. The Morgan fingerprint density at radius 2 is 1.67 bits per heavy atom. The largest absolute Gasteiger partial charge is 0.455 e. The van der Waals surface area contributed by atoms with Gasteiger partial charge in [-0.15, -0.1) is 0 Å². The van der Waals surface area contributed by atoms with Crippen molar-refractivity contribution in [3.8, 4) is 11.3 Å². The van der Waals surface area contributed by atoms with Crippen LogP contribution in [0.2, 0.25) is 0 Å². The molecule has 3 aromatic rings. The average Bonchev–Trinajstić information content (AvgIpc) is 2.98. The van der Waals surface area contributed by atoms with E-state index in [0.29, 0.717) is 0 Å². The number of quaternary nitrogens is 1. The van der Waals surface area contributed by atoms with Crippen LogP contribution in [-0.2, 0) is 13.1 Å². The predicted octanol–water partition coefficient (Wildman–Crippen LogP) is 3.37. The van der Waals surface area contributed by atoms with Gasteiger partial charge in [-0.05, 0) is 36.4 Å². The Kier molecular flexibility index (Phi) is 4.48. The lowest BCUT2D eigenvalue weighted by Crippen LogP contribution is -2.80. The molecule has 0 aliphatic carbocycles. The Labute approximate surface area is 132 Å². The Bertz CT molecular complexity index is 692. The van der Waals surface area contributed by atoms with Gasteiger partial charge in [0.2, 0.25) is 0 Å². The van der Waals surface area contributed by atoms with Crippen LogP contribution in [0.25, 0.3) is 11.3 Å². The predicted molar refractivity (Wildman–Crippen MR) is 85.4 cm³/mol.